The molecule has 6 heteroatoms. The summed E-state index contributed by atoms with van der Waals surface area (Å²) in [4.78, 5) is 0. The number of hydrogen-bond donors (Lipinski definition) is 0. The van der Waals surface area contributed by atoms with Gasteiger partial charge in [0.05, 0.1) is 23.3 Å². The molecule has 0 N–H and O–H groups in total. The Labute approximate surface area is 124 Å². The van der Waals surface area contributed by atoms with Crippen LogP contribution in [0, 0.1) is 0 Å². The molecule has 1 aliphatic heterocycles. The third kappa shape index (κ3) is 2.47. The molecule has 1 aliphatic rings. The van der Waals surface area contributed by atoms with Crippen molar-refractivity contribution in [3.8, 4) is 5.75 Å². The first-order valence-corrected chi connectivity index (χ1v) is 6.83. The summed E-state index contributed by atoms with van der Waals surface area (Å²) < 4.78 is 17.0. The maximum atomic E-state index is 6.27. The maximum absolute atomic E-state index is 6.27. The van der Waals surface area contributed by atoms with Crippen LogP contribution in [-0.4, -0.2) is 25.4 Å². The summed E-state index contributed by atoms with van der Waals surface area (Å²) in [5.74, 6) is 0.534. The van der Waals surface area contributed by atoms with E-state index in [9.17, 15) is 0 Å². The van der Waals surface area contributed by atoms with Gasteiger partial charge in [-0.05, 0) is 33.8 Å². The molecule has 1 aromatic carbocycles. The molecule has 0 radical (unpaired) electrons. The Morgan fingerprint density at radius 2 is 1.53 bits per heavy atom. The van der Waals surface area contributed by atoms with E-state index in [0.29, 0.717) is 21.3 Å². The molecule has 0 aliphatic carbocycles. The summed E-state index contributed by atoms with van der Waals surface area (Å²) in [7, 11) is 1.02. The molecular weight excluding hydrogens is 286 g/mol. The van der Waals surface area contributed by atoms with E-state index in [1.54, 1.807) is 13.2 Å². The number of methoxy groups -OCH3 is 1. The fourth-order valence-corrected chi connectivity index (χ4v) is 2.35. The average Bonchev–Trinajstić information content (AvgIpc) is 2.51. The zero-order chi connectivity index (χ0) is 14.4. The number of benzene rings is 1. The summed E-state index contributed by atoms with van der Waals surface area (Å²) in [6.07, 6.45) is 0. The Balaban J connectivity index is 2.38. The van der Waals surface area contributed by atoms with Gasteiger partial charge in [-0.25, -0.2) is 0 Å². The minimum absolute atomic E-state index is 0.372. The highest BCUT2D eigenvalue weighted by atomic mass is 35.5. The number of hydrogen-bond acceptors (Lipinski definition) is 3. The minimum Gasteiger partial charge on any atom is -0.495 e. The Kier molecular flexibility index (Phi) is 3.82. The van der Waals surface area contributed by atoms with Crippen molar-refractivity contribution in [2.45, 2.75) is 38.9 Å². The third-order valence-electron chi connectivity index (χ3n) is 3.80. The molecule has 0 saturated carbocycles. The van der Waals surface area contributed by atoms with Crippen LogP contribution in [0.15, 0.2) is 12.1 Å². The van der Waals surface area contributed by atoms with Crippen molar-refractivity contribution in [3.05, 3.63) is 22.2 Å². The lowest BCUT2D eigenvalue weighted by atomic mass is 9.79. The zero-order valence-electron chi connectivity index (χ0n) is 11.7. The minimum atomic E-state index is -0.527. The van der Waals surface area contributed by atoms with Gasteiger partial charge in [-0.2, -0.15) is 0 Å². The lowest BCUT2D eigenvalue weighted by Gasteiger charge is -2.32. The van der Waals surface area contributed by atoms with Gasteiger partial charge >= 0.3 is 7.12 Å². The predicted octanol–water partition coefficient (Wildman–Crippen LogP) is 3.30. The molecule has 3 nitrogen and oxygen atoms in total. The van der Waals surface area contributed by atoms with E-state index < -0.39 is 18.3 Å². The van der Waals surface area contributed by atoms with Gasteiger partial charge in [-0.1, -0.05) is 29.3 Å². The highest BCUT2D eigenvalue weighted by Gasteiger charge is 2.52. The van der Waals surface area contributed by atoms with E-state index in [0.717, 1.165) is 0 Å². The van der Waals surface area contributed by atoms with Gasteiger partial charge in [0.15, 0.2) is 0 Å². The van der Waals surface area contributed by atoms with Gasteiger partial charge in [-0.15, -0.1) is 0 Å². The Bertz CT molecular complexity index is 487. The molecule has 0 amide bonds. The van der Waals surface area contributed by atoms with Crippen molar-refractivity contribution in [1.82, 2.24) is 0 Å². The van der Waals surface area contributed by atoms with E-state index in [1.165, 1.54) is 0 Å². The van der Waals surface area contributed by atoms with Crippen molar-refractivity contribution >= 4 is 35.8 Å². The van der Waals surface area contributed by atoms with Gasteiger partial charge in [0.1, 0.15) is 10.8 Å². The Morgan fingerprint density at radius 3 is 2.00 bits per heavy atom. The van der Waals surface area contributed by atoms with Crippen LogP contribution in [0.25, 0.3) is 0 Å². The van der Waals surface area contributed by atoms with Crippen molar-refractivity contribution in [2.24, 2.45) is 0 Å². The van der Waals surface area contributed by atoms with Crippen molar-refractivity contribution in [3.63, 3.8) is 0 Å². The van der Waals surface area contributed by atoms with Crippen LogP contribution < -0.4 is 10.2 Å². The molecule has 1 saturated heterocycles. The number of ether oxygens (including phenoxy) is 1. The topological polar surface area (TPSA) is 27.7 Å². The van der Waals surface area contributed by atoms with Crippen molar-refractivity contribution in [2.75, 3.05) is 7.11 Å². The molecule has 1 fully saturated rings. The van der Waals surface area contributed by atoms with Crippen molar-refractivity contribution < 1.29 is 14.0 Å². The van der Waals surface area contributed by atoms with Crippen molar-refractivity contribution in [1.29, 1.82) is 0 Å². The normalized spacial score (nSPS) is 20.7. The van der Waals surface area contributed by atoms with Gasteiger partial charge in [0.25, 0.3) is 0 Å². The van der Waals surface area contributed by atoms with Crippen LogP contribution >= 0.6 is 23.2 Å². The zero-order valence-corrected chi connectivity index (χ0v) is 13.2. The fraction of sp³-hybridized carbons (Fsp3) is 0.538. The van der Waals surface area contributed by atoms with E-state index in [4.69, 9.17) is 37.2 Å². The monoisotopic (exact) mass is 302 g/mol. The van der Waals surface area contributed by atoms with Gasteiger partial charge in [-0.3, -0.25) is 0 Å². The number of halogens is 2. The maximum Gasteiger partial charge on any atom is 0.496 e. The molecule has 0 spiro atoms. The molecule has 0 bridgehead atoms. The number of rotatable bonds is 2. The fourth-order valence-electron chi connectivity index (χ4n) is 1.86. The highest BCUT2D eigenvalue weighted by Crippen LogP contribution is 2.38. The lowest BCUT2D eigenvalue weighted by molar-refractivity contribution is 0.00578. The van der Waals surface area contributed by atoms with Crippen LogP contribution in [0.4, 0.5) is 0 Å². The Morgan fingerprint density at radius 1 is 1.00 bits per heavy atom. The molecule has 0 unspecified atom stereocenters. The summed E-state index contributed by atoms with van der Waals surface area (Å²) in [6.45, 7) is 7.97. The second kappa shape index (κ2) is 4.85. The highest BCUT2D eigenvalue weighted by molar-refractivity contribution is 6.66. The average molecular weight is 303 g/mol. The van der Waals surface area contributed by atoms with Crippen LogP contribution in [0.3, 0.4) is 0 Å². The van der Waals surface area contributed by atoms with E-state index >= 15 is 0 Å². The molecular formula is C13H17BCl2O3. The van der Waals surface area contributed by atoms with E-state index in [-0.39, 0.29) is 0 Å². The molecule has 2 rings (SSSR count). The smallest absolute Gasteiger partial charge is 0.495 e. The third-order valence-corrected chi connectivity index (χ3v) is 4.68. The first-order valence-electron chi connectivity index (χ1n) is 6.07. The van der Waals surface area contributed by atoms with Crippen LogP contribution in [0.2, 0.25) is 10.0 Å². The lowest BCUT2D eigenvalue weighted by Crippen LogP contribution is -2.41. The van der Waals surface area contributed by atoms with Gasteiger partial charge in [0, 0.05) is 5.46 Å². The first-order chi connectivity index (χ1) is 8.69. The largest absolute Gasteiger partial charge is 0.496 e. The van der Waals surface area contributed by atoms with E-state index in [2.05, 4.69) is 0 Å². The summed E-state index contributed by atoms with van der Waals surface area (Å²) in [5.41, 5.74) is -0.105. The van der Waals surface area contributed by atoms with Crippen LogP contribution in [-0.2, 0) is 9.31 Å². The molecule has 19 heavy (non-hydrogen) atoms. The summed E-state index contributed by atoms with van der Waals surface area (Å²) in [6, 6.07) is 3.57. The van der Waals surface area contributed by atoms with Crippen LogP contribution in [0.5, 0.6) is 5.75 Å². The standard InChI is InChI=1S/C13H17BCl2O3/c1-12(2)13(3,4)19-14(18-12)8-6-7-9(17-5)11(16)10(8)15/h6-7H,1-5H3. The molecule has 0 atom stereocenters. The molecule has 1 aromatic rings. The SMILES string of the molecule is COc1ccc(B2OC(C)(C)C(C)(C)O2)c(Cl)c1Cl. The second-order valence-corrected chi connectivity index (χ2v) is 6.33. The second-order valence-electron chi connectivity index (χ2n) is 5.57. The quantitative estimate of drug-likeness (QED) is 0.785. The molecule has 104 valence electrons. The van der Waals surface area contributed by atoms with Crippen LogP contribution in [0.1, 0.15) is 27.7 Å². The summed E-state index contributed by atoms with van der Waals surface area (Å²) in [5, 5.41) is 0.774. The Hall–Kier alpha value is -0.415. The summed E-state index contributed by atoms with van der Waals surface area (Å²) >= 11 is 12.4. The van der Waals surface area contributed by atoms with Gasteiger partial charge in [0.2, 0.25) is 0 Å². The van der Waals surface area contributed by atoms with Gasteiger partial charge < -0.3 is 14.0 Å². The van der Waals surface area contributed by atoms with E-state index in [1.807, 2.05) is 33.8 Å². The molecule has 0 aromatic heterocycles. The molecule has 1 heterocycles. The first kappa shape index (κ1) is 15.0. The predicted molar refractivity (Wildman–Crippen MR) is 78.7 cm³/mol.